The van der Waals surface area contributed by atoms with Gasteiger partial charge in [0.25, 0.3) is 0 Å². The minimum atomic E-state index is 0.621. The number of hydrogen-bond acceptors (Lipinski definition) is 5. The first kappa shape index (κ1) is 13.7. The van der Waals surface area contributed by atoms with Gasteiger partial charge in [0.1, 0.15) is 5.01 Å². The van der Waals surface area contributed by atoms with E-state index in [0.29, 0.717) is 13.2 Å². The molecule has 1 aromatic heterocycles. The summed E-state index contributed by atoms with van der Waals surface area (Å²) in [5, 5.41) is 6.36. The van der Waals surface area contributed by atoms with Crippen LogP contribution in [0.25, 0.3) is 0 Å². The van der Waals surface area contributed by atoms with Crippen LogP contribution in [0.1, 0.15) is 18.9 Å². The Labute approximate surface area is 117 Å². The van der Waals surface area contributed by atoms with Crippen LogP contribution < -0.4 is 14.8 Å². The summed E-state index contributed by atoms with van der Waals surface area (Å²) < 4.78 is 11.1. The van der Waals surface area contributed by atoms with E-state index in [-0.39, 0.29) is 0 Å². The number of rotatable bonds is 7. The van der Waals surface area contributed by atoms with Gasteiger partial charge in [-0.15, -0.1) is 11.3 Å². The van der Waals surface area contributed by atoms with Crippen LogP contribution in [0.4, 0.5) is 5.69 Å². The maximum Gasteiger partial charge on any atom is 0.163 e. The molecule has 1 aromatic carbocycles. The van der Waals surface area contributed by atoms with Crippen molar-refractivity contribution in [3.8, 4) is 11.5 Å². The minimum Gasteiger partial charge on any atom is -0.490 e. The number of nitrogens with one attached hydrogen (secondary N) is 1. The molecule has 0 saturated heterocycles. The summed E-state index contributed by atoms with van der Waals surface area (Å²) in [4.78, 5) is 4.24. The van der Waals surface area contributed by atoms with E-state index >= 15 is 0 Å². The molecule has 1 N–H and O–H groups in total. The number of ether oxygens (including phenoxy) is 2. The first-order valence-corrected chi connectivity index (χ1v) is 7.23. The summed E-state index contributed by atoms with van der Waals surface area (Å²) in [5.74, 6) is 1.55. The Kier molecular flexibility index (Phi) is 5.03. The summed E-state index contributed by atoms with van der Waals surface area (Å²) in [6.45, 7) is 5.90. The predicted molar refractivity (Wildman–Crippen MR) is 78.2 cm³/mol. The smallest absolute Gasteiger partial charge is 0.163 e. The van der Waals surface area contributed by atoms with E-state index in [9.17, 15) is 0 Å². The van der Waals surface area contributed by atoms with Gasteiger partial charge in [-0.05, 0) is 26.0 Å². The van der Waals surface area contributed by atoms with Gasteiger partial charge in [-0.25, -0.2) is 4.98 Å². The zero-order valence-electron chi connectivity index (χ0n) is 11.2. The first-order chi connectivity index (χ1) is 9.33. The molecule has 2 aromatic rings. The molecule has 0 aliphatic carbocycles. The quantitative estimate of drug-likeness (QED) is 0.841. The van der Waals surface area contributed by atoms with Crippen molar-refractivity contribution in [2.24, 2.45) is 0 Å². The van der Waals surface area contributed by atoms with Crippen molar-refractivity contribution in [2.45, 2.75) is 20.4 Å². The Balaban J connectivity index is 2.06. The molecule has 1 heterocycles. The zero-order chi connectivity index (χ0) is 13.5. The van der Waals surface area contributed by atoms with Crippen LogP contribution in [0.5, 0.6) is 11.5 Å². The molecule has 19 heavy (non-hydrogen) atoms. The lowest BCUT2D eigenvalue weighted by atomic mass is 10.2. The zero-order valence-corrected chi connectivity index (χ0v) is 12.0. The fourth-order valence-electron chi connectivity index (χ4n) is 1.68. The fourth-order valence-corrected chi connectivity index (χ4v) is 2.24. The van der Waals surface area contributed by atoms with Crippen LogP contribution in [0.2, 0.25) is 0 Å². The SMILES string of the molecule is CCOc1ccc(NCc2nccs2)cc1OCC. The van der Waals surface area contributed by atoms with E-state index in [1.807, 2.05) is 43.6 Å². The Bertz CT molecular complexity index is 500. The summed E-state index contributed by atoms with van der Waals surface area (Å²) in [6, 6.07) is 5.88. The molecule has 102 valence electrons. The Morgan fingerprint density at radius 3 is 2.63 bits per heavy atom. The molecule has 0 unspecified atom stereocenters. The lowest BCUT2D eigenvalue weighted by Gasteiger charge is -2.13. The van der Waals surface area contributed by atoms with Crippen molar-refractivity contribution < 1.29 is 9.47 Å². The van der Waals surface area contributed by atoms with Crippen molar-refractivity contribution in [3.63, 3.8) is 0 Å². The highest BCUT2D eigenvalue weighted by atomic mass is 32.1. The highest BCUT2D eigenvalue weighted by Gasteiger charge is 2.06. The van der Waals surface area contributed by atoms with Crippen molar-refractivity contribution in [3.05, 3.63) is 34.8 Å². The number of anilines is 1. The van der Waals surface area contributed by atoms with E-state index < -0.39 is 0 Å². The van der Waals surface area contributed by atoms with Crippen LogP contribution in [0.15, 0.2) is 29.8 Å². The average Bonchev–Trinajstić information content (AvgIpc) is 2.93. The molecular weight excluding hydrogens is 260 g/mol. The topological polar surface area (TPSA) is 43.4 Å². The van der Waals surface area contributed by atoms with Gasteiger partial charge in [-0.1, -0.05) is 0 Å². The van der Waals surface area contributed by atoms with Gasteiger partial charge >= 0.3 is 0 Å². The Morgan fingerprint density at radius 1 is 1.16 bits per heavy atom. The normalized spacial score (nSPS) is 10.2. The Morgan fingerprint density at radius 2 is 1.95 bits per heavy atom. The van der Waals surface area contributed by atoms with Gasteiger partial charge in [0.2, 0.25) is 0 Å². The molecular formula is C14H18N2O2S. The van der Waals surface area contributed by atoms with Gasteiger partial charge in [0, 0.05) is 23.3 Å². The third-order valence-electron chi connectivity index (χ3n) is 2.47. The summed E-state index contributed by atoms with van der Waals surface area (Å²) in [7, 11) is 0. The summed E-state index contributed by atoms with van der Waals surface area (Å²) in [5.41, 5.74) is 1.00. The molecule has 4 nitrogen and oxygen atoms in total. The van der Waals surface area contributed by atoms with Crippen LogP contribution >= 0.6 is 11.3 Å². The van der Waals surface area contributed by atoms with Gasteiger partial charge < -0.3 is 14.8 Å². The van der Waals surface area contributed by atoms with E-state index in [4.69, 9.17) is 9.47 Å². The van der Waals surface area contributed by atoms with E-state index in [2.05, 4.69) is 10.3 Å². The van der Waals surface area contributed by atoms with E-state index in [1.54, 1.807) is 11.3 Å². The van der Waals surface area contributed by atoms with Crippen molar-refractivity contribution in [1.29, 1.82) is 0 Å². The molecule has 0 spiro atoms. The molecule has 0 bridgehead atoms. The highest BCUT2D eigenvalue weighted by molar-refractivity contribution is 7.09. The average molecular weight is 278 g/mol. The molecule has 0 aliphatic rings. The lowest BCUT2D eigenvalue weighted by Crippen LogP contribution is -2.02. The molecule has 5 heteroatoms. The molecule has 0 fully saturated rings. The molecule has 0 amide bonds. The number of benzene rings is 1. The molecule has 0 radical (unpaired) electrons. The molecule has 0 atom stereocenters. The van der Waals surface area contributed by atoms with Crippen LogP contribution in [-0.4, -0.2) is 18.2 Å². The highest BCUT2D eigenvalue weighted by Crippen LogP contribution is 2.30. The largest absolute Gasteiger partial charge is 0.490 e. The van der Waals surface area contributed by atoms with Crippen LogP contribution in [-0.2, 0) is 6.54 Å². The summed E-state index contributed by atoms with van der Waals surface area (Å²) >= 11 is 1.64. The standard InChI is InChI=1S/C14H18N2O2S/c1-3-17-12-6-5-11(9-13(12)18-4-2)16-10-14-15-7-8-19-14/h5-9,16H,3-4,10H2,1-2H3. The number of thiazole rings is 1. The maximum atomic E-state index is 5.59. The van der Waals surface area contributed by atoms with Gasteiger partial charge in [-0.2, -0.15) is 0 Å². The van der Waals surface area contributed by atoms with Gasteiger partial charge in [0.05, 0.1) is 19.8 Å². The minimum absolute atomic E-state index is 0.621. The maximum absolute atomic E-state index is 5.59. The molecule has 0 saturated carbocycles. The van der Waals surface area contributed by atoms with Crippen LogP contribution in [0.3, 0.4) is 0 Å². The van der Waals surface area contributed by atoms with Crippen LogP contribution in [0, 0.1) is 0 Å². The van der Waals surface area contributed by atoms with Gasteiger partial charge in [-0.3, -0.25) is 0 Å². The fraction of sp³-hybridized carbons (Fsp3) is 0.357. The van der Waals surface area contributed by atoms with Crippen molar-refractivity contribution in [2.75, 3.05) is 18.5 Å². The third-order valence-corrected chi connectivity index (χ3v) is 3.25. The second-order valence-electron chi connectivity index (χ2n) is 3.81. The number of aromatic nitrogens is 1. The van der Waals surface area contributed by atoms with E-state index in [1.165, 1.54) is 0 Å². The van der Waals surface area contributed by atoms with Gasteiger partial charge in [0.15, 0.2) is 11.5 Å². The monoisotopic (exact) mass is 278 g/mol. The summed E-state index contributed by atoms with van der Waals surface area (Å²) in [6.07, 6.45) is 1.81. The first-order valence-electron chi connectivity index (χ1n) is 6.35. The second-order valence-corrected chi connectivity index (χ2v) is 4.79. The van der Waals surface area contributed by atoms with Crippen molar-refractivity contribution in [1.82, 2.24) is 4.98 Å². The third kappa shape index (κ3) is 3.86. The molecule has 2 rings (SSSR count). The lowest BCUT2D eigenvalue weighted by molar-refractivity contribution is 0.288. The van der Waals surface area contributed by atoms with Crippen molar-refractivity contribution >= 4 is 17.0 Å². The van der Waals surface area contributed by atoms with E-state index in [0.717, 1.165) is 28.7 Å². The second kappa shape index (κ2) is 6.99. The Hall–Kier alpha value is -1.75. The predicted octanol–water partition coefficient (Wildman–Crippen LogP) is 3.55. The number of hydrogen-bond donors (Lipinski definition) is 1. The molecule has 0 aliphatic heterocycles. The number of nitrogens with zero attached hydrogens (tertiary/aromatic N) is 1.